The lowest BCUT2D eigenvalue weighted by molar-refractivity contribution is -0.255. The summed E-state index contributed by atoms with van der Waals surface area (Å²) in [5.41, 5.74) is 2.79. The smallest absolute Gasteiger partial charge is 0.409 e. The van der Waals surface area contributed by atoms with Crippen LogP contribution in [-0.4, -0.2) is 273 Å². The van der Waals surface area contributed by atoms with E-state index < -0.39 is 114 Å². The number of aliphatic hydroxyl groups is 2. The van der Waals surface area contributed by atoms with Gasteiger partial charge in [-0.05, 0) is 76.4 Å². The molecule has 2 aromatic carbocycles. The molecule has 2 fully saturated rings. The van der Waals surface area contributed by atoms with Crippen LogP contribution in [-0.2, 0) is 105 Å². The predicted octanol–water partition coefficient (Wildman–Crippen LogP) is 2.95. The van der Waals surface area contributed by atoms with Gasteiger partial charge in [-0.15, -0.1) is 0 Å². The molecule has 3 aliphatic rings. The first kappa shape index (κ1) is 83.6. The molecule has 4 bridgehead atoms. The number of carbonyl (C=O) groups is 8. The lowest BCUT2D eigenvalue weighted by Crippen LogP contribution is -2.64. The van der Waals surface area contributed by atoms with E-state index >= 15 is 4.79 Å². The Morgan fingerprint density at radius 3 is 2.00 bits per heavy atom. The largest absolute Gasteiger partial charge is 0.495 e. The normalized spacial score (nSPS) is 23.1. The van der Waals surface area contributed by atoms with Gasteiger partial charge >= 0.3 is 18.0 Å². The lowest BCUT2D eigenvalue weighted by atomic mass is 9.82. The summed E-state index contributed by atoms with van der Waals surface area (Å²) >= 11 is 6.93. The first-order valence-electron chi connectivity index (χ1n) is 34.0. The molecular formula is C70H104ClN9O22. The van der Waals surface area contributed by atoms with Crippen LogP contribution in [0, 0.1) is 5.92 Å². The van der Waals surface area contributed by atoms with Gasteiger partial charge in [-0.1, -0.05) is 60.5 Å². The zero-order valence-corrected chi connectivity index (χ0v) is 61.6. The molecule has 6 N–H and O–H groups in total. The number of aryl methyl sites for hydroxylation is 1. The summed E-state index contributed by atoms with van der Waals surface area (Å²) < 4.78 is 71.8. The van der Waals surface area contributed by atoms with E-state index in [0.29, 0.717) is 58.1 Å². The summed E-state index contributed by atoms with van der Waals surface area (Å²) in [5.74, 6) is -8.35. The maximum absolute atomic E-state index is 15.1. The number of amides is 6. The first-order valence-corrected chi connectivity index (χ1v) is 34.4. The fourth-order valence-corrected chi connectivity index (χ4v) is 11.9. The number of hydrazine groups is 1. The van der Waals surface area contributed by atoms with Crippen LogP contribution >= 0.6 is 11.6 Å². The first-order chi connectivity index (χ1) is 48.6. The van der Waals surface area contributed by atoms with Gasteiger partial charge in [0.15, 0.2) is 11.3 Å². The molecule has 0 aliphatic carbocycles. The number of para-hydroxylation sites is 1. The molecule has 0 saturated carbocycles. The second-order valence-corrected chi connectivity index (χ2v) is 25.8. The summed E-state index contributed by atoms with van der Waals surface area (Å²) in [6, 6.07) is 9.56. The molecule has 1 aromatic heterocycles. The molecule has 0 radical (unpaired) electrons. The summed E-state index contributed by atoms with van der Waals surface area (Å²) in [7, 11) is 10.7. The Bertz CT molecular complexity index is 3380. The Hall–Kier alpha value is -7.37. The van der Waals surface area contributed by atoms with Gasteiger partial charge in [-0.2, -0.15) is 0 Å². The number of methoxy groups -OCH3 is 2. The van der Waals surface area contributed by atoms with Gasteiger partial charge in [0.05, 0.1) is 112 Å². The number of nitrogens with zero attached hydrogens (tertiary/aromatic N) is 5. The van der Waals surface area contributed by atoms with E-state index in [1.807, 2.05) is 50.3 Å². The number of epoxide rings is 1. The fourth-order valence-electron chi connectivity index (χ4n) is 11.6. The van der Waals surface area contributed by atoms with Crippen LogP contribution < -0.4 is 31.0 Å². The van der Waals surface area contributed by atoms with E-state index in [2.05, 4.69) is 32.0 Å². The summed E-state index contributed by atoms with van der Waals surface area (Å²) in [4.78, 5) is 113. The number of aromatic nitrogens is 1. The van der Waals surface area contributed by atoms with Gasteiger partial charge in [0.1, 0.15) is 53.6 Å². The molecule has 31 nitrogen and oxygen atoms in total. The van der Waals surface area contributed by atoms with Crippen molar-refractivity contribution in [2.24, 2.45) is 5.92 Å². The number of rotatable bonds is 38. The van der Waals surface area contributed by atoms with Crippen molar-refractivity contribution in [3.63, 3.8) is 0 Å². The number of hydrogen-bond acceptors (Lipinski definition) is 24. The molecule has 6 rings (SSSR count). The van der Waals surface area contributed by atoms with Gasteiger partial charge in [0.25, 0.3) is 5.79 Å². The molecule has 0 spiro atoms. The van der Waals surface area contributed by atoms with E-state index in [-0.39, 0.29) is 94.4 Å². The minimum atomic E-state index is -2.70. The minimum Gasteiger partial charge on any atom is -0.495 e. The van der Waals surface area contributed by atoms with Crippen molar-refractivity contribution >= 4 is 75.8 Å². The topological polar surface area (TPSA) is 357 Å². The molecule has 3 aliphatic heterocycles. The van der Waals surface area contributed by atoms with E-state index in [1.54, 1.807) is 37.3 Å². The van der Waals surface area contributed by atoms with Crippen molar-refractivity contribution < 1.29 is 105 Å². The number of allylic oxidation sites excluding steroid dienone is 3. The second kappa shape index (κ2) is 40.1. The Balaban J connectivity index is 0.921. The number of halogens is 1. The van der Waals surface area contributed by atoms with Crippen molar-refractivity contribution in [1.82, 2.24) is 40.8 Å². The van der Waals surface area contributed by atoms with Gasteiger partial charge < -0.3 is 97.0 Å². The zero-order chi connectivity index (χ0) is 74.9. The maximum Gasteiger partial charge on any atom is 0.409 e. The molecule has 2 saturated heterocycles. The number of benzene rings is 2. The fraction of sp³-hybridized carbons (Fsp3) is 0.629. The van der Waals surface area contributed by atoms with Crippen LogP contribution in [0.15, 0.2) is 66.3 Å². The molecule has 3 aromatic rings. The standard InChI is InChI=1S/C70H104ClN9O22/c1-45-17-16-20-58(92-13)69(90)41-57(99-67(89)75-69)46(2)63-68(6,100-63)70(101-65(87)47(3)77(9)49(5)82,42-61(85)79(11)55-38-50(37-45)39-56(91-12)62(55)71)102-66(88)48(4)78(10)60(84)22-25-93-27-29-95-31-33-97-35-36-98-34-32-96-30-28-94-26-23-73-64(86)53(44-81)74-59(83)21-24-80-52(43-76(8)72-7)40-51-18-14-15-19-54(51)80/h14-20,38-40,46-48,53,57-58,63,72,81,90H,21-37,41-44H2,1-13H3,(H,73,86)(H,74,83)(H,75,89)/b20-16+,45-17+/t46-,47+,48?,53?,57+,58?,63+,68-,69+,70-/m1/s1. The SMILES string of the molecule is CNN(C)Cc1cc2ccccc2n1CCC(=O)NC(CO)C(=O)NCCOCCOCCOCCOCCOCCOCCC(=O)N(C)C(C)C(=O)O[C@]1(OC(=O)[C@H](C)N(C)C(C)=O)CC(=O)N(C)c2cc(cc(OC)c2Cl)C/C(C)=C/C=C/C(OC)[C@@]2(O)C[C@H](OC(=O)N2)[C@@H](C)[C@@H]2O[C@]21C. The van der Waals surface area contributed by atoms with Gasteiger partial charge in [0, 0.05) is 85.3 Å². The molecule has 4 heterocycles. The quantitative estimate of drug-likeness (QED) is 0.0158. The number of anilines is 1. The van der Waals surface area contributed by atoms with E-state index in [0.717, 1.165) is 32.0 Å². The van der Waals surface area contributed by atoms with Crippen LogP contribution in [0.3, 0.4) is 0 Å². The highest BCUT2D eigenvalue weighted by atomic mass is 35.5. The summed E-state index contributed by atoms with van der Waals surface area (Å²) in [5, 5.41) is 32.8. The average Bonchev–Trinajstić information content (AvgIpc) is 1.54. The Morgan fingerprint density at radius 1 is 0.833 bits per heavy atom. The molecule has 32 heteroatoms. The van der Waals surface area contributed by atoms with Crippen molar-refractivity contribution in [2.75, 3.05) is 147 Å². The number of hydrogen-bond donors (Lipinski definition) is 6. The minimum absolute atomic E-state index is 0.0495. The van der Waals surface area contributed by atoms with Crippen molar-refractivity contribution in [3.05, 3.63) is 82.5 Å². The molecular weight excluding hydrogens is 1350 g/mol. The van der Waals surface area contributed by atoms with E-state index in [4.69, 9.17) is 68.4 Å². The number of nitrogens with one attached hydrogen (secondary N) is 4. The number of carbonyl (C=O) groups excluding carboxylic acids is 8. The highest BCUT2D eigenvalue weighted by molar-refractivity contribution is 6.35. The summed E-state index contributed by atoms with van der Waals surface area (Å²) in [6.07, 6.45) is -0.233. The molecule has 10 atom stereocenters. The van der Waals surface area contributed by atoms with E-state index in [9.17, 15) is 43.8 Å². The maximum atomic E-state index is 15.1. The van der Waals surface area contributed by atoms with Gasteiger partial charge in [0.2, 0.25) is 29.5 Å². The second-order valence-electron chi connectivity index (χ2n) is 25.5. The molecule has 6 amide bonds. The number of alkyl carbamates (subject to hydrolysis) is 1. The number of aliphatic hydroxyl groups excluding tert-OH is 1. The monoisotopic (exact) mass is 1460 g/mol. The Labute approximate surface area is 600 Å². The Morgan fingerprint density at radius 2 is 1.42 bits per heavy atom. The lowest BCUT2D eigenvalue weighted by Gasteiger charge is -2.42. The third kappa shape index (κ3) is 23.1. The zero-order valence-electron chi connectivity index (χ0n) is 60.8. The third-order valence-corrected chi connectivity index (χ3v) is 18.6. The highest BCUT2D eigenvalue weighted by Crippen LogP contribution is 2.55. The van der Waals surface area contributed by atoms with Crippen LogP contribution in [0.4, 0.5) is 10.5 Å². The molecule has 3 unspecified atom stereocenters. The van der Waals surface area contributed by atoms with Crippen LogP contribution in [0.5, 0.6) is 5.75 Å². The average molecular weight is 1460 g/mol. The number of likely N-dealkylation sites (N-methyl/N-ethyl adjacent to an activating group) is 2. The van der Waals surface area contributed by atoms with Gasteiger partial charge in [-0.3, -0.25) is 34.7 Å². The van der Waals surface area contributed by atoms with Crippen molar-refractivity contribution in [3.8, 4) is 5.75 Å². The van der Waals surface area contributed by atoms with Crippen LogP contribution in [0.2, 0.25) is 5.02 Å². The summed E-state index contributed by atoms with van der Waals surface area (Å²) in [6.45, 7) is 12.3. The Kier molecular flexibility index (Phi) is 32.8. The third-order valence-electron chi connectivity index (χ3n) is 18.3. The number of fused-ring (bicyclic) bond motifs is 6. The van der Waals surface area contributed by atoms with Crippen LogP contribution in [0.25, 0.3) is 10.9 Å². The predicted molar refractivity (Wildman–Crippen MR) is 373 cm³/mol. The van der Waals surface area contributed by atoms with Crippen molar-refractivity contribution in [2.45, 2.75) is 140 Å². The molecule has 102 heavy (non-hydrogen) atoms. The number of ether oxygens (including phenoxy) is 12. The molecule has 568 valence electrons. The van der Waals surface area contributed by atoms with E-state index in [1.165, 1.54) is 68.0 Å². The van der Waals surface area contributed by atoms with Crippen molar-refractivity contribution in [1.29, 1.82) is 0 Å². The number of esters is 2. The van der Waals surface area contributed by atoms with Crippen LogP contribution in [0.1, 0.15) is 78.5 Å². The van der Waals surface area contributed by atoms with Gasteiger partial charge in [-0.25, -0.2) is 19.4 Å². The highest BCUT2D eigenvalue weighted by Gasteiger charge is 2.74.